The Hall–Kier alpha value is -3.40. The first-order chi connectivity index (χ1) is 15.5. The van der Waals surface area contributed by atoms with Crippen LogP contribution in [0.25, 0.3) is 16.5 Å². The molecule has 172 valence electrons. The number of aromatic nitrogens is 3. The fourth-order valence-corrected chi connectivity index (χ4v) is 4.75. The van der Waals surface area contributed by atoms with Gasteiger partial charge in [-0.3, -0.25) is 4.98 Å². The van der Waals surface area contributed by atoms with Crippen LogP contribution < -0.4 is 4.74 Å². The maximum absolute atomic E-state index is 13.5. The van der Waals surface area contributed by atoms with E-state index in [1.165, 1.54) is 30.5 Å². The highest BCUT2D eigenvalue weighted by atomic mass is 32.2. The second-order valence-electron chi connectivity index (χ2n) is 7.70. The number of hydrogen-bond donors (Lipinski definition) is 0. The summed E-state index contributed by atoms with van der Waals surface area (Å²) in [5.74, 6) is -0.167. The monoisotopic (exact) mass is 475 g/mol. The lowest BCUT2D eigenvalue weighted by atomic mass is 10.1. The Labute approximate surface area is 188 Å². The van der Waals surface area contributed by atoms with Crippen LogP contribution in [0.5, 0.6) is 5.75 Å². The largest absolute Gasteiger partial charge is 0.491 e. The van der Waals surface area contributed by atoms with Gasteiger partial charge < -0.3 is 4.74 Å². The third-order valence-electron chi connectivity index (χ3n) is 4.85. The predicted octanol–water partition coefficient (Wildman–Crippen LogP) is 5.20. The molecular formula is C23H20F3N3O3S. The molecule has 0 unspecified atom stereocenters. The normalized spacial score (nSPS) is 12.4. The highest BCUT2D eigenvalue weighted by molar-refractivity contribution is 7.90. The molecule has 0 aliphatic carbocycles. The fraction of sp³-hybridized carbons (Fsp3) is 0.217. The molecule has 4 rings (SSSR count). The van der Waals surface area contributed by atoms with Crippen LogP contribution in [0.4, 0.5) is 13.2 Å². The first kappa shape index (κ1) is 22.8. The van der Waals surface area contributed by atoms with Crippen molar-refractivity contribution >= 4 is 20.6 Å². The standard InChI is InChI=1S/C23H20F3N3O3S/c1-15(2)32-18-6-8-19(9-7-18)33(30,31)14-17-12-22(23(24,25)26)28-29(17)21-5-3-4-16-13-27-11-10-20(16)21/h3-13,15H,14H2,1-2H3. The molecule has 0 amide bonds. The van der Waals surface area contributed by atoms with Crippen LogP contribution in [-0.2, 0) is 21.8 Å². The Bertz CT molecular complexity index is 1390. The highest BCUT2D eigenvalue weighted by Gasteiger charge is 2.36. The van der Waals surface area contributed by atoms with Gasteiger partial charge in [0.2, 0.25) is 0 Å². The maximum atomic E-state index is 13.5. The average Bonchev–Trinajstić information content (AvgIpc) is 3.16. The van der Waals surface area contributed by atoms with Gasteiger partial charge >= 0.3 is 6.18 Å². The van der Waals surface area contributed by atoms with Gasteiger partial charge in [0.15, 0.2) is 15.5 Å². The minimum absolute atomic E-state index is 0.0259. The summed E-state index contributed by atoms with van der Waals surface area (Å²) in [4.78, 5) is 4.00. The molecule has 10 heteroatoms. The summed E-state index contributed by atoms with van der Waals surface area (Å²) in [6.45, 7) is 3.68. The summed E-state index contributed by atoms with van der Waals surface area (Å²) in [6, 6.07) is 13.2. The van der Waals surface area contributed by atoms with Crippen LogP contribution in [-0.4, -0.2) is 29.3 Å². The zero-order valence-electron chi connectivity index (χ0n) is 17.7. The molecule has 0 aliphatic heterocycles. The van der Waals surface area contributed by atoms with Gasteiger partial charge in [-0.25, -0.2) is 13.1 Å². The van der Waals surface area contributed by atoms with Crippen molar-refractivity contribution in [1.82, 2.24) is 14.8 Å². The van der Waals surface area contributed by atoms with Crippen molar-refractivity contribution in [3.8, 4) is 11.4 Å². The number of sulfone groups is 1. The second-order valence-corrected chi connectivity index (χ2v) is 9.69. The Balaban J connectivity index is 1.78. The minimum atomic E-state index is -4.73. The second kappa shape index (κ2) is 8.51. The minimum Gasteiger partial charge on any atom is -0.491 e. The van der Waals surface area contributed by atoms with E-state index in [-0.39, 0.29) is 16.7 Å². The predicted molar refractivity (Wildman–Crippen MR) is 117 cm³/mol. The Morgan fingerprint density at radius 3 is 2.45 bits per heavy atom. The molecule has 0 fully saturated rings. The highest BCUT2D eigenvalue weighted by Crippen LogP contribution is 2.32. The number of rotatable bonds is 6. The summed E-state index contributed by atoms with van der Waals surface area (Å²) < 4.78 is 73.1. The quantitative estimate of drug-likeness (QED) is 0.383. The van der Waals surface area contributed by atoms with Gasteiger partial charge in [-0.2, -0.15) is 18.3 Å². The SMILES string of the molecule is CC(C)Oc1ccc(S(=O)(=O)Cc2cc(C(F)(F)F)nn2-c2cccc3cnccc23)cc1. The fourth-order valence-electron chi connectivity index (χ4n) is 3.44. The molecule has 0 N–H and O–H groups in total. The first-order valence-electron chi connectivity index (χ1n) is 10.0. The molecule has 4 aromatic rings. The maximum Gasteiger partial charge on any atom is 0.435 e. The molecule has 0 aliphatic rings. The van der Waals surface area contributed by atoms with Crippen molar-refractivity contribution < 1.29 is 26.3 Å². The van der Waals surface area contributed by atoms with E-state index in [9.17, 15) is 21.6 Å². The summed E-state index contributed by atoms with van der Waals surface area (Å²) >= 11 is 0. The lowest BCUT2D eigenvalue weighted by Crippen LogP contribution is -2.11. The smallest absolute Gasteiger partial charge is 0.435 e. The van der Waals surface area contributed by atoms with E-state index in [0.717, 1.165) is 10.7 Å². The molecule has 2 aromatic carbocycles. The van der Waals surface area contributed by atoms with Crippen molar-refractivity contribution in [2.24, 2.45) is 0 Å². The van der Waals surface area contributed by atoms with E-state index in [1.54, 1.807) is 30.5 Å². The number of hydrogen-bond acceptors (Lipinski definition) is 5. The number of halogens is 3. The van der Waals surface area contributed by atoms with Crippen molar-refractivity contribution in [2.45, 2.75) is 36.8 Å². The van der Waals surface area contributed by atoms with Crippen molar-refractivity contribution in [1.29, 1.82) is 0 Å². The van der Waals surface area contributed by atoms with E-state index in [2.05, 4.69) is 10.1 Å². The van der Waals surface area contributed by atoms with Crippen LogP contribution in [0.1, 0.15) is 25.2 Å². The number of benzene rings is 2. The van der Waals surface area contributed by atoms with E-state index >= 15 is 0 Å². The van der Waals surface area contributed by atoms with Crippen molar-refractivity contribution in [3.63, 3.8) is 0 Å². The van der Waals surface area contributed by atoms with Gasteiger partial charge in [0.25, 0.3) is 0 Å². The van der Waals surface area contributed by atoms with Gasteiger partial charge in [-0.05, 0) is 56.3 Å². The van der Waals surface area contributed by atoms with Crippen molar-refractivity contribution in [2.75, 3.05) is 0 Å². The van der Waals surface area contributed by atoms with Crippen LogP contribution in [0.3, 0.4) is 0 Å². The number of fused-ring (bicyclic) bond motifs is 1. The van der Waals surface area contributed by atoms with Crippen LogP contribution in [0.15, 0.2) is 71.9 Å². The lowest BCUT2D eigenvalue weighted by Gasteiger charge is -2.12. The molecule has 0 saturated carbocycles. The molecule has 33 heavy (non-hydrogen) atoms. The topological polar surface area (TPSA) is 74.1 Å². The molecule has 6 nitrogen and oxygen atoms in total. The Kier molecular flexibility index (Phi) is 5.87. The summed E-state index contributed by atoms with van der Waals surface area (Å²) in [7, 11) is -3.97. The average molecular weight is 475 g/mol. The molecule has 0 spiro atoms. The Morgan fingerprint density at radius 1 is 1.06 bits per heavy atom. The first-order valence-corrected chi connectivity index (χ1v) is 11.7. The summed E-state index contributed by atoms with van der Waals surface area (Å²) in [6.07, 6.45) is -1.73. The molecule has 0 saturated heterocycles. The van der Waals surface area contributed by atoms with Gasteiger partial charge in [0, 0.05) is 23.2 Å². The van der Waals surface area contributed by atoms with Crippen LogP contribution >= 0.6 is 0 Å². The zero-order chi connectivity index (χ0) is 23.8. The zero-order valence-corrected chi connectivity index (χ0v) is 18.6. The summed E-state index contributed by atoms with van der Waals surface area (Å²) in [5, 5.41) is 5.00. The van der Waals surface area contributed by atoms with E-state index in [4.69, 9.17) is 4.74 Å². The third kappa shape index (κ3) is 4.85. The molecule has 0 atom stereocenters. The Morgan fingerprint density at radius 2 is 1.79 bits per heavy atom. The van der Waals surface area contributed by atoms with E-state index in [1.807, 2.05) is 13.8 Å². The van der Waals surface area contributed by atoms with Crippen molar-refractivity contribution in [3.05, 3.63) is 78.4 Å². The van der Waals surface area contributed by atoms with E-state index < -0.39 is 27.5 Å². The van der Waals surface area contributed by atoms with E-state index in [0.29, 0.717) is 22.2 Å². The van der Waals surface area contributed by atoms with Gasteiger partial charge in [0.1, 0.15) is 5.75 Å². The third-order valence-corrected chi connectivity index (χ3v) is 6.52. The number of nitrogens with zero attached hydrogens (tertiary/aromatic N) is 3. The lowest BCUT2D eigenvalue weighted by molar-refractivity contribution is -0.141. The number of pyridine rings is 1. The van der Waals surface area contributed by atoms with Crippen LogP contribution in [0.2, 0.25) is 0 Å². The molecule has 2 aromatic heterocycles. The number of alkyl halides is 3. The van der Waals surface area contributed by atoms with Gasteiger partial charge in [-0.1, -0.05) is 12.1 Å². The summed E-state index contributed by atoms with van der Waals surface area (Å²) in [5.41, 5.74) is -0.940. The molecule has 0 bridgehead atoms. The molecular weight excluding hydrogens is 455 g/mol. The number of ether oxygens (including phenoxy) is 1. The molecule has 0 radical (unpaired) electrons. The van der Waals surface area contributed by atoms with Gasteiger partial charge in [0.05, 0.1) is 28.1 Å². The molecule has 2 heterocycles. The van der Waals surface area contributed by atoms with Crippen LogP contribution in [0, 0.1) is 0 Å². The van der Waals surface area contributed by atoms with Gasteiger partial charge in [-0.15, -0.1) is 0 Å².